The van der Waals surface area contributed by atoms with Crippen LogP contribution in [0.4, 0.5) is 0 Å². The van der Waals surface area contributed by atoms with Crippen LogP contribution in [-0.4, -0.2) is 25.3 Å². The Morgan fingerprint density at radius 1 is 0.879 bits per heavy atom. The molecule has 3 rings (SSSR count). The lowest BCUT2D eigenvalue weighted by Gasteiger charge is -2.08. The Labute approximate surface area is 199 Å². The maximum atomic E-state index is 11.9. The Bertz CT molecular complexity index is 1020. The summed E-state index contributed by atoms with van der Waals surface area (Å²) in [4.78, 5) is 11.9. The van der Waals surface area contributed by atoms with E-state index in [1.165, 1.54) is 0 Å². The quantitative estimate of drug-likeness (QED) is 0.213. The molecule has 33 heavy (non-hydrogen) atoms. The predicted octanol–water partition coefficient (Wildman–Crippen LogP) is 5.63. The van der Waals surface area contributed by atoms with Gasteiger partial charge in [-0.2, -0.15) is 5.10 Å². The van der Waals surface area contributed by atoms with Crippen LogP contribution in [0.3, 0.4) is 0 Å². The average molecular weight is 467 g/mol. The van der Waals surface area contributed by atoms with Gasteiger partial charge in [-0.25, -0.2) is 5.43 Å². The number of benzene rings is 3. The molecular formula is C26H27ClN2O4. The van der Waals surface area contributed by atoms with Crippen LogP contribution in [0.5, 0.6) is 17.2 Å². The summed E-state index contributed by atoms with van der Waals surface area (Å²) in [6, 6.07) is 22.1. The first-order valence-corrected chi connectivity index (χ1v) is 11.1. The van der Waals surface area contributed by atoms with Crippen molar-refractivity contribution in [3.63, 3.8) is 0 Å². The number of carbonyl (C=O) groups is 1. The molecule has 7 heteroatoms. The molecule has 1 amide bonds. The minimum Gasteiger partial charge on any atom is -0.494 e. The minimum atomic E-state index is -0.350. The molecule has 0 spiro atoms. The number of unbranched alkanes of at least 4 members (excludes halogenated alkanes) is 1. The third-order valence-electron chi connectivity index (χ3n) is 4.56. The van der Waals surface area contributed by atoms with Gasteiger partial charge in [0.15, 0.2) is 6.61 Å². The number of amides is 1. The van der Waals surface area contributed by atoms with Gasteiger partial charge in [-0.3, -0.25) is 4.79 Å². The first-order chi connectivity index (χ1) is 16.1. The van der Waals surface area contributed by atoms with Gasteiger partial charge in [-0.15, -0.1) is 0 Å². The lowest BCUT2D eigenvalue weighted by atomic mass is 10.2. The average Bonchev–Trinajstić information content (AvgIpc) is 2.84. The van der Waals surface area contributed by atoms with E-state index in [1.54, 1.807) is 18.3 Å². The molecule has 0 atom stereocenters. The van der Waals surface area contributed by atoms with Gasteiger partial charge in [-0.05, 0) is 78.2 Å². The van der Waals surface area contributed by atoms with Gasteiger partial charge in [0.25, 0.3) is 5.91 Å². The maximum absolute atomic E-state index is 11.9. The second-order valence-electron chi connectivity index (χ2n) is 7.24. The lowest BCUT2D eigenvalue weighted by molar-refractivity contribution is -0.123. The van der Waals surface area contributed by atoms with Crippen molar-refractivity contribution in [2.75, 3.05) is 13.2 Å². The zero-order valence-electron chi connectivity index (χ0n) is 18.5. The van der Waals surface area contributed by atoms with Crippen molar-refractivity contribution < 1.29 is 19.0 Å². The first-order valence-electron chi connectivity index (χ1n) is 10.8. The molecular weight excluding hydrogens is 440 g/mol. The topological polar surface area (TPSA) is 69.2 Å². The third-order valence-corrected chi connectivity index (χ3v) is 4.81. The van der Waals surface area contributed by atoms with Crippen LogP contribution in [0.2, 0.25) is 5.02 Å². The van der Waals surface area contributed by atoms with Crippen molar-refractivity contribution in [2.45, 2.75) is 26.4 Å². The number of ether oxygens (including phenoxy) is 3. The highest BCUT2D eigenvalue weighted by atomic mass is 35.5. The molecule has 1 N–H and O–H groups in total. The van der Waals surface area contributed by atoms with E-state index >= 15 is 0 Å². The summed E-state index contributed by atoms with van der Waals surface area (Å²) >= 11 is 5.89. The summed E-state index contributed by atoms with van der Waals surface area (Å²) in [5, 5.41) is 4.66. The SMILES string of the molecule is CCCCOc1ccc(OCC(=O)NN=Cc2ccc(OCc3ccc(Cl)cc3)cc2)cc1. The Morgan fingerprint density at radius 2 is 1.48 bits per heavy atom. The van der Waals surface area contributed by atoms with E-state index in [4.69, 9.17) is 25.8 Å². The molecule has 172 valence electrons. The molecule has 0 bridgehead atoms. The predicted molar refractivity (Wildman–Crippen MR) is 130 cm³/mol. The number of hydrazone groups is 1. The Morgan fingerprint density at radius 3 is 2.15 bits per heavy atom. The van der Waals surface area contributed by atoms with E-state index in [0.29, 0.717) is 24.0 Å². The van der Waals surface area contributed by atoms with E-state index in [1.807, 2.05) is 60.7 Å². The van der Waals surface area contributed by atoms with Crippen molar-refractivity contribution in [1.29, 1.82) is 0 Å². The van der Waals surface area contributed by atoms with Crippen molar-refractivity contribution in [2.24, 2.45) is 5.10 Å². The van der Waals surface area contributed by atoms with E-state index in [2.05, 4.69) is 17.5 Å². The summed E-state index contributed by atoms with van der Waals surface area (Å²) < 4.78 is 16.8. The van der Waals surface area contributed by atoms with Gasteiger partial charge in [0, 0.05) is 5.02 Å². The smallest absolute Gasteiger partial charge is 0.277 e. The molecule has 0 heterocycles. The van der Waals surface area contributed by atoms with Crippen molar-refractivity contribution in [3.8, 4) is 17.2 Å². The van der Waals surface area contributed by atoms with Gasteiger partial charge in [0.1, 0.15) is 23.9 Å². The maximum Gasteiger partial charge on any atom is 0.277 e. The number of rotatable bonds is 12. The van der Waals surface area contributed by atoms with Gasteiger partial charge in [0.2, 0.25) is 0 Å². The van der Waals surface area contributed by atoms with E-state index < -0.39 is 0 Å². The fourth-order valence-electron chi connectivity index (χ4n) is 2.72. The zero-order valence-corrected chi connectivity index (χ0v) is 19.3. The molecule has 3 aromatic carbocycles. The Balaban J connectivity index is 1.36. The zero-order chi connectivity index (χ0) is 23.3. The Kier molecular flexibility index (Phi) is 9.61. The number of nitrogens with one attached hydrogen (secondary N) is 1. The summed E-state index contributed by atoms with van der Waals surface area (Å²) in [6.45, 7) is 3.13. The summed E-state index contributed by atoms with van der Waals surface area (Å²) in [5.74, 6) is 1.76. The first kappa shape index (κ1) is 24.1. The number of halogens is 1. The van der Waals surface area contributed by atoms with Crippen LogP contribution >= 0.6 is 11.6 Å². The minimum absolute atomic E-state index is 0.134. The Hall–Kier alpha value is -3.51. The molecule has 3 aromatic rings. The highest BCUT2D eigenvalue weighted by Gasteiger charge is 2.02. The lowest BCUT2D eigenvalue weighted by Crippen LogP contribution is -2.24. The van der Waals surface area contributed by atoms with E-state index in [0.717, 1.165) is 35.5 Å². The molecule has 0 unspecified atom stereocenters. The molecule has 0 saturated heterocycles. The monoisotopic (exact) mass is 466 g/mol. The number of nitrogens with zero attached hydrogens (tertiary/aromatic N) is 1. The van der Waals surface area contributed by atoms with Crippen molar-refractivity contribution in [3.05, 3.63) is 88.9 Å². The van der Waals surface area contributed by atoms with Crippen LogP contribution in [0.1, 0.15) is 30.9 Å². The number of carbonyl (C=O) groups excluding carboxylic acids is 1. The van der Waals surface area contributed by atoms with Gasteiger partial charge in [-0.1, -0.05) is 37.1 Å². The third kappa shape index (κ3) is 8.86. The largest absolute Gasteiger partial charge is 0.494 e. The fourth-order valence-corrected chi connectivity index (χ4v) is 2.85. The highest BCUT2D eigenvalue weighted by molar-refractivity contribution is 6.30. The van der Waals surface area contributed by atoms with Crippen molar-refractivity contribution in [1.82, 2.24) is 5.43 Å². The second kappa shape index (κ2) is 13.1. The summed E-state index contributed by atoms with van der Waals surface area (Å²) in [7, 11) is 0. The molecule has 0 radical (unpaired) electrons. The van der Waals surface area contributed by atoms with Crippen LogP contribution < -0.4 is 19.6 Å². The van der Waals surface area contributed by atoms with Crippen LogP contribution in [0.25, 0.3) is 0 Å². The molecule has 0 aliphatic carbocycles. The van der Waals surface area contributed by atoms with Crippen LogP contribution in [0.15, 0.2) is 77.9 Å². The van der Waals surface area contributed by atoms with Gasteiger partial charge < -0.3 is 14.2 Å². The highest BCUT2D eigenvalue weighted by Crippen LogP contribution is 2.18. The normalized spacial score (nSPS) is 10.7. The van der Waals surface area contributed by atoms with Gasteiger partial charge >= 0.3 is 0 Å². The second-order valence-corrected chi connectivity index (χ2v) is 7.68. The molecule has 6 nitrogen and oxygen atoms in total. The standard InChI is InChI=1S/C26H27ClN2O4/c1-2-3-16-31-23-12-14-25(15-13-23)33-19-26(30)29-28-17-20-6-10-24(11-7-20)32-18-21-4-8-22(27)9-5-21/h4-15,17H,2-3,16,18-19H2,1H3,(H,29,30). The number of hydrogen-bond donors (Lipinski definition) is 1. The molecule has 0 aliphatic heterocycles. The molecule has 0 saturated carbocycles. The molecule has 0 aliphatic rings. The van der Waals surface area contributed by atoms with E-state index in [9.17, 15) is 4.79 Å². The molecule has 0 fully saturated rings. The van der Waals surface area contributed by atoms with E-state index in [-0.39, 0.29) is 12.5 Å². The number of hydrogen-bond acceptors (Lipinski definition) is 5. The fraction of sp³-hybridized carbons (Fsp3) is 0.231. The molecule has 0 aromatic heterocycles. The van der Waals surface area contributed by atoms with Gasteiger partial charge in [0.05, 0.1) is 12.8 Å². The van der Waals surface area contributed by atoms with Crippen molar-refractivity contribution >= 4 is 23.7 Å². The van der Waals surface area contributed by atoms with Crippen LogP contribution in [0, 0.1) is 0 Å². The van der Waals surface area contributed by atoms with Crippen LogP contribution in [-0.2, 0) is 11.4 Å². The summed E-state index contributed by atoms with van der Waals surface area (Å²) in [5.41, 5.74) is 4.31. The summed E-state index contributed by atoms with van der Waals surface area (Å²) in [6.07, 6.45) is 3.66.